The molecule has 0 aliphatic rings. The summed E-state index contributed by atoms with van der Waals surface area (Å²) in [7, 11) is -0.362. The third-order valence-electron chi connectivity index (χ3n) is 4.73. The van der Waals surface area contributed by atoms with E-state index in [0.717, 1.165) is 28.7 Å². The van der Waals surface area contributed by atoms with Crippen molar-refractivity contribution in [2.24, 2.45) is 0 Å². The first-order valence-corrected chi connectivity index (χ1v) is 11.4. The molecule has 0 aliphatic carbocycles. The molecule has 1 atom stereocenters. The molecule has 0 spiro atoms. The fourth-order valence-corrected chi connectivity index (χ4v) is 4.65. The number of hydrogen-bond acceptors (Lipinski definition) is 4. The van der Waals surface area contributed by atoms with Gasteiger partial charge in [0, 0.05) is 13.6 Å². The topological polar surface area (TPSA) is 66.9 Å². The van der Waals surface area contributed by atoms with Crippen molar-refractivity contribution in [3.05, 3.63) is 59.2 Å². The lowest BCUT2D eigenvalue weighted by Gasteiger charge is -2.33. The van der Waals surface area contributed by atoms with Crippen molar-refractivity contribution >= 4 is 21.6 Å². The molecule has 2 rings (SSSR count). The molecule has 7 heteroatoms. The van der Waals surface area contributed by atoms with E-state index in [0.29, 0.717) is 18.7 Å². The zero-order chi connectivity index (χ0) is 21.8. The van der Waals surface area contributed by atoms with Gasteiger partial charge in [0.15, 0.2) is 0 Å². The van der Waals surface area contributed by atoms with E-state index in [1.54, 1.807) is 31.2 Å². The minimum Gasteiger partial charge on any atom is -0.497 e. The van der Waals surface area contributed by atoms with Crippen LogP contribution in [0.4, 0.5) is 5.69 Å². The molecule has 0 heterocycles. The number of likely N-dealkylation sites (N-methyl/N-ethyl adjacent to an activating group) is 1. The van der Waals surface area contributed by atoms with Gasteiger partial charge in [0.05, 0.1) is 19.1 Å². The Hall–Kier alpha value is -2.54. The average molecular weight is 419 g/mol. The molecule has 0 saturated carbocycles. The zero-order valence-electron chi connectivity index (χ0n) is 18.0. The highest BCUT2D eigenvalue weighted by Crippen LogP contribution is 2.26. The molecule has 2 aromatic carbocycles. The molecule has 2 aromatic rings. The number of anilines is 1. The molecular formula is C22H30N2O4S. The van der Waals surface area contributed by atoms with Crippen molar-refractivity contribution < 1.29 is 17.9 Å². The number of aryl methyl sites for hydroxylation is 2. The van der Waals surface area contributed by atoms with Gasteiger partial charge in [-0.3, -0.25) is 9.10 Å². The first-order chi connectivity index (χ1) is 13.6. The van der Waals surface area contributed by atoms with Crippen molar-refractivity contribution in [2.75, 3.05) is 24.7 Å². The summed E-state index contributed by atoms with van der Waals surface area (Å²) in [6.45, 7) is 6.03. The quantitative estimate of drug-likeness (QED) is 0.658. The van der Waals surface area contributed by atoms with Crippen molar-refractivity contribution in [1.82, 2.24) is 4.90 Å². The Labute approximate surface area is 174 Å². The lowest BCUT2D eigenvalue weighted by atomic mass is 10.1. The molecule has 0 N–H and O–H groups in total. The number of sulfonamides is 1. The minimum absolute atomic E-state index is 0.243. The maximum Gasteiger partial charge on any atom is 0.246 e. The van der Waals surface area contributed by atoms with E-state index in [-0.39, 0.29) is 5.91 Å². The molecule has 0 saturated heterocycles. The second kappa shape index (κ2) is 9.31. The van der Waals surface area contributed by atoms with Gasteiger partial charge in [0.1, 0.15) is 11.8 Å². The molecule has 29 heavy (non-hydrogen) atoms. The summed E-state index contributed by atoms with van der Waals surface area (Å²) < 4.78 is 31.7. The summed E-state index contributed by atoms with van der Waals surface area (Å²) in [6, 6.07) is 12.2. The van der Waals surface area contributed by atoms with E-state index in [1.807, 2.05) is 51.1 Å². The molecule has 0 aromatic heterocycles. The SMILES string of the molecule is CCC(C(=O)N(C)Cc1ccc(OC)cc1)N(c1cc(C)cc(C)c1)S(C)(=O)=O. The maximum absolute atomic E-state index is 13.2. The fourth-order valence-electron chi connectivity index (χ4n) is 3.46. The van der Waals surface area contributed by atoms with E-state index in [4.69, 9.17) is 4.74 Å². The second-order valence-corrected chi connectivity index (χ2v) is 9.23. The summed E-state index contributed by atoms with van der Waals surface area (Å²) >= 11 is 0. The number of ether oxygens (including phenoxy) is 1. The van der Waals surface area contributed by atoms with E-state index < -0.39 is 16.1 Å². The van der Waals surface area contributed by atoms with Gasteiger partial charge < -0.3 is 9.64 Å². The lowest BCUT2D eigenvalue weighted by molar-refractivity contribution is -0.131. The van der Waals surface area contributed by atoms with E-state index in [9.17, 15) is 13.2 Å². The van der Waals surface area contributed by atoms with Crippen LogP contribution in [0.15, 0.2) is 42.5 Å². The van der Waals surface area contributed by atoms with Crippen molar-refractivity contribution in [2.45, 2.75) is 39.8 Å². The Morgan fingerprint density at radius 3 is 2.07 bits per heavy atom. The van der Waals surface area contributed by atoms with Crippen LogP contribution in [0.2, 0.25) is 0 Å². The van der Waals surface area contributed by atoms with Crippen LogP contribution < -0.4 is 9.04 Å². The normalized spacial score (nSPS) is 12.3. The largest absolute Gasteiger partial charge is 0.497 e. The van der Waals surface area contributed by atoms with Crippen LogP contribution in [0.3, 0.4) is 0 Å². The molecule has 0 radical (unpaired) electrons. The van der Waals surface area contributed by atoms with Crippen molar-refractivity contribution in [1.29, 1.82) is 0 Å². The highest BCUT2D eigenvalue weighted by Gasteiger charge is 2.33. The Bertz CT molecular complexity index is 935. The predicted octanol–water partition coefficient (Wildman–Crippen LogP) is 3.52. The van der Waals surface area contributed by atoms with Gasteiger partial charge in [0.2, 0.25) is 15.9 Å². The van der Waals surface area contributed by atoms with Gasteiger partial charge in [-0.15, -0.1) is 0 Å². The van der Waals surface area contributed by atoms with Crippen molar-refractivity contribution in [3.63, 3.8) is 0 Å². The highest BCUT2D eigenvalue weighted by atomic mass is 32.2. The third kappa shape index (κ3) is 5.73. The molecule has 158 valence electrons. The third-order valence-corrected chi connectivity index (χ3v) is 5.91. The fraction of sp³-hybridized carbons (Fsp3) is 0.409. The zero-order valence-corrected chi connectivity index (χ0v) is 18.8. The summed E-state index contributed by atoms with van der Waals surface area (Å²) in [5.74, 6) is 0.500. The molecular weight excluding hydrogens is 388 g/mol. The van der Waals surface area contributed by atoms with E-state index in [2.05, 4.69) is 0 Å². The smallest absolute Gasteiger partial charge is 0.246 e. The standard InChI is InChI=1S/C22H30N2O4S/c1-7-21(22(25)23(4)15-18-8-10-20(28-5)11-9-18)24(29(6,26)27)19-13-16(2)12-17(3)14-19/h8-14,21H,7,15H2,1-6H3. The van der Waals surface area contributed by atoms with Gasteiger partial charge in [-0.1, -0.05) is 25.1 Å². The van der Waals surface area contributed by atoms with Crippen LogP contribution >= 0.6 is 0 Å². The van der Waals surface area contributed by atoms with Gasteiger partial charge in [0.25, 0.3) is 0 Å². The molecule has 1 amide bonds. The Kier molecular flexibility index (Phi) is 7.30. The summed E-state index contributed by atoms with van der Waals surface area (Å²) in [5, 5.41) is 0. The van der Waals surface area contributed by atoms with Crippen LogP contribution in [-0.2, 0) is 21.4 Å². The molecule has 1 unspecified atom stereocenters. The number of nitrogens with zero attached hydrogens (tertiary/aromatic N) is 2. The summed E-state index contributed by atoms with van der Waals surface area (Å²) in [5.41, 5.74) is 3.35. The van der Waals surface area contributed by atoms with Crippen molar-refractivity contribution in [3.8, 4) is 5.75 Å². The van der Waals surface area contributed by atoms with Crippen LogP contribution in [0.1, 0.15) is 30.0 Å². The van der Waals surface area contributed by atoms with Gasteiger partial charge >= 0.3 is 0 Å². The number of rotatable bonds is 8. The first-order valence-electron chi connectivity index (χ1n) is 9.52. The Morgan fingerprint density at radius 1 is 1.07 bits per heavy atom. The van der Waals surface area contributed by atoms with Crippen LogP contribution in [0.25, 0.3) is 0 Å². The molecule has 0 bridgehead atoms. The van der Waals surface area contributed by atoms with Crippen LogP contribution in [0, 0.1) is 13.8 Å². The van der Waals surface area contributed by atoms with Crippen LogP contribution in [-0.4, -0.2) is 45.7 Å². The summed E-state index contributed by atoms with van der Waals surface area (Å²) in [4.78, 5) is 14.8. The van der Waals surface area contributed by atoms with Gasteiger partial charge in [-0.2, -0.15) is 0 Å². The number of methoxy groups -OCH3 is 1. The molecule has 0 aliphatic heterocycles. The van der Waals surface area contributed by atoms with Crippen LogP contribution in [0.5, 0.6) is 5.75 Å². The average Bonchev–Trinajstić information content (AvgIpc) is 2.64. The number of hydrogen-bond donors (Lipinski definition) is 0. The lowest BCUT2D eigenvalue weighted by Crippen LogP contribution is -2.49. The highest BCUT2D eigenvalue weighted by molar-refractivity contribution is 7.92. The number of carbonyl (C=O) groups excluding carboxylic acids is 1. The van der Waals surface area contributed by atoms with E-state index in [1.165, 1.54) is 4.31 Å². The van der Waals surface area contributed by atoms with Gasteiger partial charge in [-0.05, 0) is 61.2 Å². The molecule has 6 nitrogen and oxygen atoms in total. The Morgan fingerprint density at radius 2 is 1.62 bits per heavy atom. The number of benzene rings is 2. The first kappa shape index (κ1) is 22.7. The van der Waals surface area contributed by atoms with Gasteiger partial charge in [-0.25, -0.2) is 8.42 Å². The predicted molar refractivity (Wildman–Crippen MR) is 117 cm³/mol. The van der Waals surface area contributed by atoms with E-state index >= 15 is 0 Å². The monoisotopic (exact) mass is 418 g/mol. The second-order valence-electron chi connectivity index (χ2n) is 7.37. The maximum atomic E-state index is 13.2. The minimum atomic E-state index is -3.65. The summed E-state index contributed by atoms with van der Waals surface area (Å²) in [6.07, 6.45) is 1.51. The Balaban J connectivity index is 2.34. The number of amides is 1. The number of carbonyl (C=O) groups is 1. The molecule has 0 fully saturated rings.